The molecular weight excluding hydrogens is 302 g/mol. The molecule has 3 rings (SSSR count). The first-order chi connectivity index (χ1) is 10.2. The van der Waals surface area contributed by atoms with Crippen molar-refractivity contribution < 1.29 is 0 Å². The van der Waals surface area contributed by atoms with Gasteiger partial charge in [0.15, 0.2) is 0 Å². The van der Waals surface area contributed by atoms with Gasteiger partial charge in [-0.3, -0.25) is 0 Å². The van der Waals surface area contributed by atoms with Crippen molar-refractivity contribution in [2.45, 2.75) is 13.0 Å². The lowest BCUT2D eigenvalue weighted by atomic mass is 10.1. The molecule has 2 aromatic heterocycles. The number of fused-ring (bicyclic) bond motifs is 1. The number of halogens is 1. The Morgan fingerprint density at radius 1 is 1.29 bits per heavy atom. The van der Waals surface area contributed by atoms with Crippen LogP contribution in [0.4, 0.5) is 5.82 Å². The van der Waals surface area contributed by atoms with Crippen LogP contribution in [0, 0.1) is 12.3 Å². The highest BCUT2D eigenvalue weighted by Gasteiger charge is 2.14. The quantitative estimate of drug-likeness (QED) is 0.571. The lowest BCUT2D eigenvalue weighted by molar-refractivity contribution is 0.876. The zero-order chi connectivity index (χ0) is 14.8. The van der Waals surface area contributed by atoms with E-state index in [2.05, 4.69) is 40.3 Å². The maximum absolute atomic E-state index is 6.01. The molecule has 3 aromatic rings. The third kappa shape index (κ3) is 2.71. The number of anilines is 1. The van der Waals surface area contributed by atoms with E-state index in [1.54, 1.807) is 0 Å². The molecule has 0 amide bonds. The molecule has 0 unspecified atom stereocenters. The number of aromatic nitrogens is 2. The van der Waals surface area contributed by atoms with Gasteiger partial charge in [0.25, 0.3) is 0 Å². The van der Waals surface area contributed by atoms with Crippen molar-refractivity contribution in [2.24, 2.45) is 0 Å². The summed E-state index contributed by atoms with van der Waals surface area (Å²) in [6.45, 7) is 2.08. The van der Waals surface area contributed by atoms with Crippen LogP contribution in [-0.2, 0) is 0 Å². The van der Waals surface area contributed by atoms with Crippen molar-refractivity contribution in [1.82, 2.24) is 9.97 Å². The van der Waals surface area contributed by atoms with Gasteiger partial charge < -0.3 is 5.32 Å². The van der Waals surface area contributed by atoms with Gasteiger partial charge in [-0.1, -0.05) is 36.3 Å². The fraction of sp³-hybridized carbons (Fsp3) is 0.125. The minimum atomic E-state index is 0.108. The molecule has 2 heterocycles. The summed E-state index contributed by atoms with van der Waals surface area (Å²) >= 11 is 7.54. The molecule has 21 heavy (non-hydrogen) atoms. The van der Waals surface area contributed by atoms with E-state index in [-0.39, 0.29) is 11.3 Å². The normalized spacial score (nSPS) is 12.0. The molecular formula is C16H12ClN3S. The Morgan fingerprint density at radius 2 is 2.05 bits per heavy atom. The first kappa shape index (κ1) is 13.9. The second-order valence-corrected chi connectivity index (χ2v) is 5.81. The van der Waals surface area contributed by atoms with E-state index >= 15 is 0 Å². The van der Waals surface area contributed by atoms with E-state index in [0.717, 1.165) is 15.8 Å². The fourth-order valence-electron chi connectivity index (χ4n) is 2.12. The highest BCUT2D eigenvalue weighted by atomic mass is 35.5. The number of thiophene rings is 1. The Hall–Kier alpha value is -2.09. The predicted molar refractivity (Wildman–Crippen MR) is 88.8 cm³/mol. The summed E-state index contributed by atoms with van der Waals surface area (Å²) in [6.07, 6.45) is 5.49. The SMILES string of the molecule is C#Cc1csc2c(N[C@H](C)c3ccccc3)nc(Cl)nc12. The fourth-order valence-corrected chi connectivity index (χ4v) is 3.19. The molecule has 1 N–H and O–H groups in total. The van der Waals surface area contributed by atoms with Crippen LogP contribution in [0.2, 0.25) is 5.28 Å². The van der Waals surface area contributed by atoms with Crippen LogP contribution in [0.3, 0.4) is 0 Å². The summed E-state index contributed by atoms with van der Waals surface area (Å²) in [4.78, 5) is 8.53. The van der Waals surface area contributed by atoms with Gasteiger partial charge in [0.2, 0.25) is 5.28 Å². The second-order valence-electron chi connectivity index (χ2n) is 4.59. The Kier molecular flexibility index (Phi) is 3.78. The van der Waals surface area contributed by atoms with Gasteiger partial charge in [-0.2, -0.15) is 4.98 Å². The molecule has 104 valence electrons. The van der Waals surface area contributed by atoms with E-state index in [0.29, 0.717) is 5.82 Å². The Morgan fingerprint density at radius 3 is 2.76 bits per heavy atom. The largest absolute Gasteiger partial charge is 0.362 e. The summed E-state index contributed by atoms with van der Waals surface area (Å²) in [7, 11) is 0. The van der Waals surface area contributed by atoms with Crippen LogP contribution >= 0.6 is 22.9 Å². The zero-order valence-corrected chi connectivity index (χ0v) is 12.9. The van der Waals surface area contributed by atoms with Gasteiger partial charge in [-0.25, -0.2) is 4.98 Å². The molecule has 0 saturated heterocycles. The Labute approximate surface area is 132 Å². The van der Waals surface area contributed by atoms with E-state index in [1.165, 1.54) is 16.9 Å². The number of nitrogens with one attached hydrogen (secondary N) is 1. The van der Waals surface area contributed by atoms with Crippen LogP contribution in [0.15, 0.2) is 35.7 Å². The summed E-state index contributed by atoms with van der Waals surface area (Å²) in [6, 6.07) is 10.3. The average molecular weight is 314 g/mol. The highest BCUT2D eigenvalue weighted by molar-refractivity contribution is 7.18. The number of rotatable bonds is 3. The third-order valence-electron chi connectivity index (χ3n) is 3.20. The minimum Gasteiger partial charge on any atom is -0.362 e. The number of benzene rings is 1. The summed E-state index contributed by atoms with van der Waals surface area (Å²) in [5, 5.41) is 5.48. The Bertz CT molecular complexity index is 821. The van der Waals surface area contributed by atoms with Crippen LogP contribution in [0.5, 0.6) is 0 Å². The smallest absolute Gasteiger partial charge is 0.225 e. The maximum atomic E-state index is 6.01. The molecule has 0 fully saturated rings. The molecule has 0 saturated carbocycles. The van der Waals surface area contributed by atoms with Crippen molar-refractivity contribution >= 4 is 39.0 Å². The maximum Gasteiger partial charge on any atom is 0.225 e. The molecule has 1 atom stereocenters. The number of hydrogen-bond acceptors (Lipinski definition) is 4. The molecule has 0 bridgehead atoms. The topological polar surface area (TPSA) is 37.8 Å². The van der Waals surface area contributed by atoms with Crippen molar-refractivity contribution in [3.05, 3.63) is 52.1 Å². The number of terminal acetylenes is 1. The van der Waals surface area contributed by atoms with Crippen molar-refractivity contribution in [1.29, 1.82) is 0 Å². The third-order valence-corrected chi connectivity index (χ3v) is 4.34. The van der Waals surface area contributed by atoms with Gasteiger partial charge in [0, 0.05) is 11.4 Å². The summed E-state index contributed by atoms with van der Waals surface area (Å²) in [5.74, 6) is 3.34. The highest BCUT2D eigenvalue weighted by Crippen LogP contribution is 2.32. The molecule has 0 radical (unpaired) electrons. The molecule has 0 aliphatic carbocycles. The standard InChI is InChI=1S/C16H12ClN3S/c1-3-11-9-21-14-13(11)19-16(17)20-15(14)18-10(2)12-7-5-4-6-8-12/h1,4-10H,2H3,(H,18,19,20)/t10-/m1/s1. The number of nitrogens with zero attached hydrogens (tertiary/aromatic N) is 2. The van der Waals surface area contributed by atoms with Gasteiger partial charge in [-0.05, 0) is 24.1 Å². The predicted octanol–water partition coefficient (Wildman–Crippen LogP) is 4.50. The molecule has 0 aliphatic rings. The van der Waals surface area contributed by atoms with Crippen LogP contribution in [0.25, 0.3) is 10.2 Å². The monoisotopic (exact) mass is 313 g/mol. The molecule has 5 heteroatoms. The Balaban J connectivity index is 2.01. The molecule has 3 nitrogen and oxygen atoms in total. The zero-order valence-electron chi connectivity index (χ0n) is 11.3. The second kappa shape index (κ2) is 5.72. The van der Waals surface area contributed by atoms with E-state index in [1.807, 2.05) is 23.6 Å². The van der Waals surface area contributed by atoms with E-state index in [9.17, 15) is 0 Å². The van der Waals surface area contributed by atoms with Crippen LogP contribution < -0.4 is 5.32 Å². The summed E-state index contributed by atoms with van der Waals surface area (Å²) < 4.78 is 0.926. The summed E-state index contributed by atoms with van der Waals surface area (Å²) in [5.41, 5.74) is 2.65. The number of hydrogen-bond donors (Lipinski definition) is 1. The first-order valence-corrected chi connectivity index (χ1v) is 7.67. The van der Waals surface area contributed by atoms with E-state index < -0.39 is 0 Å². The van der Waals surface area contributed by atoms with Gasteiger partial charge in [-0.15, -0.1) is 17.8 Å². The van der Waals surface area contributed by atoms with Crippen molar-refractivity contribution in [3.63, 3.8) is 0 Å². The van der Waals surface area contributed by atoms with E-state index in [4.69, 9.17) is 18.0 Å². The first-order valence-electron chi connectivity index (χ1n) is 6.42. The lowest BCUT2D eigenvalue weighted by Gasteiger charge is -2.15. The lowest BCUT2D eigenvalue weighted by Crippen LogP contribution is -2.08. The minimum absolute atomic E-state index is 0.108. The van der Waals surface area contributed by atoms with Crippen LogP contribution in [-0.4, -0.2) is 9.97 Å². The van der Waals surface area contributed by atoms with Gasteiger partial charge in [0.1, 0.15) is 11.3 Å². The van der Waals surface area contributed by atoms with Gasteiger partial charge in [0.05, 0.1) is 10.3 Å². The van der Waals surface area contributed by atoms with Crippen LogP contribution in [0.1, 0.15) is 24.1 Å². The average Bonchev–Trinajstić information content (AvgIpc) is 2.91. The molecule has 0 spiro atoms. The van der Waals surface area contributed by atoms with Gasteiger partial charge >= 0.3 is 0 Å². The van der Waals surface area contributed by atoms with Crippen molar-refractivity contribution in [3.8, 4) is 12.3 Å². The molecule has 1 aromatic carbocycles. The van der Waals surface area contributed by atoms with Crippen molar-refractivity contribution in [2.75, 3.05) is 5.32 Å². The molecule has 0 aliphatic heterocycles.